The number of rotatable bonds is 7. The molecule has 1 aliphatic rings. The lowest BCUT2D eigenvalue weighted by atomic mass is 9.89. The Morgan fingerprint density at radius 2 is 1.66 bits per heavy atom. The fourth-order valence-corrected chi connectivity index (χ4v) is 5.89. The topological polar surface area (TPSA) is 34.0 Å². The molecule has 35 heavy (non-hydrogen) atoms. The van der Waals surface area contributed by atoms with E-state index in [2.05, 4.69) is 45.4 Å². The molecule has 1 aliphatic heterocycles. The van der Waals surface area contributed by atoms with Crippen LogP contribution in [0.3, 0.4) is 0 Å². The third kappa shape index (κ3) is 5.89. The summed E-state index contributed by atoms with van der Waals surface area (Å²) in [4.78, 5) is 2.43. The maximum Gasteiger partial charge on any atom is 0.196 e. The average Bonchev–Trinajstić information content (AvgIpc) is 3.26. The summed E-state index contributed by atoms with van der Waals surface area (Å²) >= 11 is 14.3. The third-order valence-corrected chi connectivity index (χ3v) is 7.89. The van der Waals surface area contributed by atoms with Crippen molar-refractivity contribution in [2.75, 3.05) is 13.1 Å². The minimum atomic E-state index is -0.242. The lowest BCUT2D eigenvalue weighted by Gasteiger charge is -2.32. The highest BCUT2D eigenvalue weighted by molar-refractivity contribution is 7.98. The van der Waals surface area contributed by atoms with Gasteiger partial charge in [0, 0.05) is 10.8 Å². The fourth-order valence-electron chi connectivity index (χ4n) is 4.48. The number of piperidine rings is 1. The van der Waals surface area contributed by atoms with E-state index in [0.29, 0.717) is 28.3 Å². The summed E-state index contributed by atoms with van der Waals surface area (Å²) in [7, 11) is 0. The van der Waals surface area contributed by atoms with Crippen LogP contribution in [0.5, 0.6) is 0 Å². The fraction of sp³-hybridized carbons (Fsp3) is 0.259. The molecule has 0 bridgehead atoms. The van der Waals surface area contributed by atoms with Crippen molar-refractivity contribution in [3.05, 3.63) is 106 Å². The highest BCUT2D eigenvalue weighted by Crippen LogP contribution is 2.32. The lowest BCUT2D eigenvalue weighted by molar-refractivity contribution is 0.199. The molecule has 1 saturated heterocycles. The Bertz CT molecular complexity index is 1270. The molecule has 4 aromatic rings. The lowest BCUT2D eigenvalue weighted by Crippen LogP contribution is -2.33. The summed E-state index contributed by atoms with van der Waals surface area (Å²) in [5.74, 6) is 1.84. The average molecular weight is 527 g/mol. The van der Waals surface area contributed by atoms with Crippen molar-refractivity contribution in [2.24, 2.45) is 0 Å². The predicted octanol–water partition coefficient (Wildman–Crippen LogP) is 7.39. The highest BCUT2D eigenvalue weighted by Gasteiger charge is 2.24. The molecule has 0 atom stereocenters. The zero-order valence-corrected chi connectivity index (χ0v) is 21.4. The Balaban J connectivity index is 1.35. The first-order valence-electron chi connectivity index (χ1n) is 11.6. The summed E-state index contributed by atoms with van der Waals surface area (Å²) in [6.45, 7) is 2.68. The van der Waals surface area contributed by atoms with Crippen LogP contribution < -0.4 is 0 Å². The Morgan fingerprint density at radius 3 is 2.37 bits per heavy atom. The van der Waals surface area contributed by atoms with Crippen molar-refractivity contribution in [2.45, 2.75) is 36.2 Å². The summed E-state index contributed by atoms with van der Waals surface area (Å²) in [6.07, 6.45) is 2.23. The van der Waals surface area contributed by atoms with E-state index in [-0.39, 0.29) is 5.82 Å². The second-order valence-electron chi connectivity index (χ2n) is 8.71. The molecule has 4 nitrogen and oxygen atoms in total. The first-order valence-corrected chi connectivity index (χ1v) is 13.4. The van der Waals surface area contributed by atoms with Crippen molar-refractivity contribution in [1.82, 2.24) is 19.7 Å². The van der Waals surface area contributed by atoms with Crippen LogP contribution in [0, 0.1) is 5.82 Å². The van der Waals surface area contributed by atoms with E-state index >= 15 is 0 Å². The molecule has 0 unspecified atom stereocenters. The molecular formula is C27H25Cl2FN4S. The van der Waals surface area contributed by atoms with E-state index in [1.54, 1.807) is 30.0 Å². The van der Waals surface area contributed by atoms with Gasteiger partial charge in [0.25, 0.3) is 0 Å². The first-order chi connectivity index (χ1) is 17.1. The molecule has 0 radical (unpaired) electrons. The smallest absolute Gasteiger partial charge is 0.196 e. The zero-order chi connectivity index (χ0) is 24.2. The minimum absolute atomic E-state index is 0.242. The second-order valence-corrected chi connectivity index (χ2v) is 10.5. The molecule has 3 aromatic carbocycles. The third-order valence-electron chi connectivity index (χ3n) is 6.36. The minimum Gasteiger partial charge on any atom is -0.296 e. The summed E-state index contributed by atoms with van der Waals surface area (Å²) < 4.78 is 15.3. The molecule has 0 aliphatic carbocycles. The van der Waals surface area contributed by atoms with Crippen LogP contribution in [0.2, 0.25) is 10.0 Å². The Kier molecular flexibility index (Phi) is 7.73. The Morgan fingerprint density at radius 1 is 0.914 bits per heavy atom. The number of hydrogen-bond acceptors (Lipinski definition) is 4. The van der Waals surface area contributed by atoms with Crippen molar-refractivity contribution in [3.8, 4) is 5.69 Å². The van der Waals surface area contributed by atoms with Crippen molar-refractivity contribution < 1.29 is 4.39 Å². The number of nitrogens with zero attached hydrogens (tertiary/aromatic N) is 4. The highest BCUT2D eigenvalue weighted by atomic mass is 35.5. The van der Waals surface area contributed by atoms with Crippen LogP contribution in [0.4, 0.5) is 4.39 Å². The van der Waals surface area contributed by atoms with Gasteiger partial charge in [-0.05, 0) is 73.3 Å². The van der Waals surface area contributed by atoms with Gasteiger partial charge in [-0.2, -0.15) is 0 Å². The van der Waals surface area contributed by atoms with Gasteiger partial charge in [-0.15, -0.1) is 10.2 Å². The number of likely N-dealkylation sites (tertiary alicyclic amines) is 1. The Labute approximate surface area is 219 Å². The van der Waals surface area contributed by atoms with Gasteiger partial charge < -0.3 is 0 Å². The second kappa shape index (κ2) is 11.1. The number of halogens is 3. The van der Waals surface area contributed by atoms with Gasteiger partial charge in [-0.25, -0.2) is 4.39 Å². The molecule has 2 heterocycles. The van der Waals surface area contributed by atoms with E-state index < -0.39 is 0 Å². The van der Waals surface area contributed by atoms with Gasteiger partial charge in [0.2, 0.25) is 0 Å². The zero-order valence-electron chi connectivity index (χ0n) is 19.1. The molecule has 0 spiro atoms. The molecule has 0 N–H and O–H groups in total. The summed E-state index contributed by atoms with van der Waals surface area (Å²) in [5, 5.41) is 10.9. The van der Waals surface area contributed by atoms with Crippen molar-refractivity contribution in [1.29, 1.82) is 0 Å². The van der Waals surface area contributed by atoms with Gasteiger partial charge in [-0.3, -0.25) is 9.47 Å². The maximum absolute atomic E-state index is 13.3. The summed E-state index contributed by atoms with van der Waals surface area (Å²) in [5.41, 5.74) is 3.23. The van der Waals surface area contributed by atoms with Gasteiger partial charge >= 0.3 is 0 Å². The molecule has 8 heteroatoms. The van der Waals surface area contributed by atoms with E-state index in [0.717, 1.165) is 48.2 Å². The van der Waals surface area contributed by atoms with E-state index in [9.17, 15) is 4.39 Å². The molecule has 1 fully saturated rings. The number of thioether (sulfide) groups is 1. The first kappa shape index (κ1) is 24.3. The molecule has 0 saturated carbocycles. The molecule has 180 valence electrons. The van der Waals surface area contributed by atoms with E-state index in [1.165, 1.54) is 17.7 Å². The predicted molar refractivity (Wildman–Crippen MR) is 141 cm³/mol. The van der Waals surface area contributed by atoms with Gasteiger partial charge in [0.1, 0.15) is 5.82 Å². The van der Waals surface area contributed by atoms with Crippen LogP contribution in [-0.4, -0.2) is 32.8 Å². The van der Waals surface area contributed by atoms with E-state index in [4.69, 9.17) is 23.2 Å². The number of benzene rings is 3. The van der Waals surface area contributed by atoms with Gasteiger partial charge in [0.05, 0.1) is 17.3 Å². The van der Waals surface area contributed by atoms with Crippen LogP contribution >= 0.6 is 35.0 Å². The van der Waals surface area contributed by atoms with Crippen LogP contribution in [0.15, 0.2) is 78.0 Å². The quantitative estimate of drug-likeness (QED) is 0.235. The number of hydrogen-bond donors (Lipinski definition) is 0. The standard InChI is InChI=1S/C27H25Cl2FN4S/c28-22-8-11-25(24(29)16-22)34-26(31-32-27(34)35-18-19-6-9-23(30)10-7-19)17-33-14-12-21(13-15-33)20-4-2-1-3-5-20/h1-11,16,21H,12-15,17-18H2. The summed E-state index contributed by atoms with van der Waals surface area (Å²) in [6, 6.07) is 22.7. The molecular weight excluding hydrogens is 502 g/mol. The van der Waals surface area contributed by atoms with Crippen molar-refractivity contribution >= 4 is 35.0 Å². The molecule has 0 amide bonds. The normalized spacial score (nSPS) is 14.9. The SMILES string of the molecule is Fc1ccc(CSc2nnc(CN3CCC(c4ccccc4)CC3)n2-c2ccc(Cl)cc2Cl)cc1. The molecule has 1 aromatic heterocycles. The van der Waals surface area contributed by atoms with Gasteiger partial charge in [-0.1, -0.05) is 77.4 Å². The van der Waals surface area contributed by atoms with Gasteiger partial charge in [0.15, 0.2) is 11.0 Å². The molecule has 5 rings (SSSR count). The van der Waals surface area contributed by atoms with Crippen LogP contribution in [0.1, 0.15) is 35.7 Å². The number of aromatic nitrogens is 3. The monoisotopic (exact) mass is 526 g/mol. The van der Waals surface area contributed by atoms with E-state index in [1.807, 2.05) is 16.7 Å². The Hall–Kier alpha value is -2.38. The maximum atomic E-state index is 13.3. The van der Waals surface area contributed by atoms with Crippen LogP contribution in [-0.2, 0) is 12.3 Å². The largest absolute Gasteiger partial charge is 0.296 e. The van der Waals surface area contributed by atoms with Crippen LogP contribution in [0.25, 0.3) is 5.69 Å². The van der Waals surface area contributed by atoms with Crippen molar-refractivity contribution in [3.63, 3.8) is 0 Å².